The van der Waals surface area contributed by atoms with Gasteiger partial charge in [0.05, 0.1) is 6.20 Å². The molecule has 0 saturated carbocycles. The van der Waals surface area contributed by atoms with Gasteiger partial charge in [0.25, 0.3) is 0 Å². The van der Waals surface area contributed by atoms with Crippen molar-refractivity contribution in [3.63, 3.8) is 0 Å². The SMILES string of the molecule is CC(C)(C)NCc1cc(Br)ccc1Oc1cccnc1. The number of hydrogen-bond donors (Lipinski definition) is 1. The maximum Gasteiger partial charge on any atom is 0.145 e. The van der Waals surface area contributed by atoms with E-state index >= 15 is 0 Å². The van der Waals surface area contributed by atoms with Crippen LogP contribution in [0.25, 0.3) is 0 Å². The summed E-state index contributed by atoms with van der Waals surface area (Å²) >= 11 is 3.51. The summed E-state index contributed by atoms with van der Waals surface area (Å²) in [4.78, 5) is 4.06. The normalized spacial score (nSPS) is 11.4. The van der Waals surface area contributed by atoms with Crippen LogP contribution in [0.1, 0.15) is 26.3 Å². The average Bonchev–Trinajstić information content (AvgIpc) is 2.39. The van der Waals surface area contributed by atoms with E-state index in [0.717, 1.165) is 28.1 Å². The van der Waals surface area contributed by atoms with Crippen LogP contribution in [-0.4, -0.2) is 10.5 Å². The predicted molar refractivity (Wildman–Crippen MR) is 85.0 cm³/mol. The molecule has 0 bridgehead atoms. The molecule has 3 nitrogen and oxygen atoms in total. The first kappa shape index (κ1) is 15.0. The molecule has 0 aliphatic heterocycles. The van der Waals surface area contributed by atoms with Gasteiger partial charge in [0.15, 0.2) is 0 Å². The third-order valence-corrected chi connectivity index (χ3v) is 3.19. The number of ether oxygens (including phenoxy) is 1. The van der Waals surface area contributed by atoms with Crippen LogP contribution in [0.3, 0.4) is 0 Å². The van der Waals surface area contributed by atoms with Gasteiger partial charge < -0.3 is 10.1 Å². The summed E-state index contributed by atoms with van der Waals surface area (Å²) in [6.45, 7) is 7.18. The number of rotatable bonds is 4. The molecule has 1 N–H and O–H groups in total. The number of benzene rings is 1. The second kappa shape index (κ2) is 6.37. The summed E-state index contributed by atoms with van der Waals surface area (Å²) in [7, 11) is 0. The lowest BCUT2D eigenvalue weighted by Crippen LogP contribution is -2.35. The largest absolute Gasteiger partial charge is 0.455 e. The van der Waals surface area contributed by atoms with Gasteiger partial charge >= 0.3 is 0 Å². The van der Waals surface area contributed by atoms with Gasteiger partial charge in [-0.2, -0.15) is 0 Å². The molecule has 2 aromatic rings. The number of aromatic nitrogens is 1. The van der Waals surface area contributed by atoms with E-state index < -0.39 is 0 Å². The molecule has 0 radical (unpaired) electrons. The van der Waals surface area contributed by atoms with Crippen LogP contribution in [0.15, 0.2) is 47.2 Å². The van der Waals surface area contributed by atoms with Crippen LogP contribution in [-0.2, 0) is 6.54 Å². The zero-order chi connectivity index (χ0) is 14.6. The van der Waals surface area contributed by atoms with E-state index in [0.29, 0.717) is 0 Å². The maximum absolute atomic E-state index is 5.91. The van der Waals surface area contributed by atoms with E-state index in [1.807, 2.05) is 24.3 Å². The molecule has 1 aromatic heterocycles. The van der Waals surface area contributed by atoms with Crippen LogP contribution in [0.4, 0.5) is 0 Å². The third kappa shape index (κ3) is 4.62. The van der Waals surface area contributed by atoms with Crippen molar-refractivity contribution in [2.45, 2.75) is 32.9 Å². The molecule has 0 atom stereocenters. The van der Waals surface area contributed by atoms with Gasteiger partial charge in [0.2, 0.25) is 0 Å². The highest BCUT2D eigenvalue weighted by molar-refractivity contribution is 9.10. The standard InChI is InChI=1S/C16H19BrN2O/c1-16(2,3)19-10-12-9-13(17)6-7-15(12)20-14-5-4-8-18-11-14/h4-9,11,19H,10H2,1-3H3. The van der Waals surface area contributed by atoms with E-state index in [9.17, 15) is 0 Å². The van der Waals surface area contributed by atoms with Gasteiger partial charge in [0, 0.05) is 28.3 Å². The number of hydrogen-bond acceptors (Lipinski definition) is 3. The molecule has 1 heterocycles. The van der Waals surface area contributed by atoms with Crippen LogP contribution in [0.2, 0.25) is 0 Å². The number of pyridine rings is 1. The quantitative estimate of drug-likeness (QED) is 0.892. The molecular formula is C16H19BrN2O. The highest BCUT2D eigenvalue weighted by Crippen LogP contribution is 2.28. The topological polar surface area (TPSA) is 34.1 Å². The molecule has 0 saturated heterocycles. The summed E-state index contributed by atoms with van der Waals surface area (Å²) in [6.07, 6.45) is 3.44. The predicted octanol–water partition coefficient (Wildman–Crippen LogP) is 4.52. The number of halogens is 1. The zero-order valence-corrected chi connectivity index (χ0v) is 13.6. The Morgan fingerprint density at radius 3 is 2.70 bits per heavy atom. The monoisotopic (exact) mass is 334 g/mol. The molecule has 0 aliphatic carbocycles. The summed E-state index contributed by atoms with van der Waals surface area (Å²) in [5, 5.41) is 3.48. The maximum atomic E-state index is 5.91. The minimum atomic E-state index is 0.0634. The van der Waals surface area contributed by atoms with Crippen molar-refractivity contribution in [2.24, 2.45) is 0 Å². The second-order valence-electron chi connectivity index (χ2n) is 5.65. The van der Waals surface area contributed by atoms with Gasteiger partial charge in [-0.05, 0) is 51.1 Å². The van der Waals surface area contributed by atoms with Gasteiger partial charge in [-0.1, -0.05) is 15.9 Å². The molecule has 20 heavy (non-hydrogen) atoms. The Morgan fingerprint density at radius 1 is 1.25 bits per heavy atom. The van der Waals surface area contributed by atoms with E-state index in [1.165, 1.54) is 0 Å². The molecule has 0 aliphatic rings. The van der Waals surface area contributed by atoms with Crippen LogP contribution < -0.4 is 10.1 Å². The van der Waals surface area contributed by atoms with E-state index in [1.54, 1.807) is 12.4 Å². The summed E-state index contributed by atoms with van der Waals surface area (Å²) < 4.78 is 6.95. The smallest absolute Gasteiger partial charge is 0.145 e. The molecule has 2 rings (SSSR count). The lowest BCUT2D eigenvalue weighted by molar-refractivity contribution is 0.414. The lowest BCUT2D eigenvalue weighted by Gasteiger charge is -2.21. The van der Waals surface area contributed by atoms with Crippen molar-refractivity contribution >= 4 is 15.9 Å². The van der Waals surface area contributed by atoms with Gasteiger partial charge in [-0.25, -0.2) is 0 Å². The first-order valence-electron chi connectivity index (χ1n) is 6.55. The highest BCUT2D eigenvalue weighted by Gasteiger charge is 2.12. The van der Waals surface area contributed by atoms with Crippen molar-refractivity contribution in [2.75, 3.05) is 0 Å². The first-order valence-corrected chi connectivity index (χ1v) is 7.35. The van der Waals surface area contributed by atoms with Crippen molar-refractivity contribution in [3.05, 3.63) is 52.8 Å². The van der Waals surface area contributed by atoms with Gasteiger partial charge in [0.1, 0.15) is 11.5 Å². The molecule has 0 unspecified atom stereocenters. The molecule has 4 heteroatoms. The first-order chi connectivity index (χ1) is 9.44. The number of nitrogens with zero attached hydrogens (tertiary/aromatic N) is 1. The molecule has 0 amide bonds. The van der Waals surface area contributed by atoms with E-state index in [4.69, 9.17) is 4.74 Å². The van der Waals surface area contributed by atoms with Crippen molar-refractivity contribution in [3.8, 4) is 11.5 Å². The Morgan fingerprint density at radius 2 is 2.05 bits per heavy atom. The molecule has 0 fully saturated rings. The summed E-state index contributed by atoms with van der Waals surface area (Å²) in [5.41, 5.74) is 1.17. The lowest BCUT2D eigenvalue weighted by atomic mass is 10.1. The fraction of sp³-hybridized carbons (Fsp3) is 0.312. The molecular weight excluding hydrogens is 316 g/mol. The third-order valence-electron chi connectivity index (χ3n) is 2.69. The van der Waals surface area contributed by atoms with Crippen molar-refractivity contribution < 1.29 is 4.74 Å². The average molecular weight is 335 g/mol. The Kier molecular flexibility index (Phi) is 4.78. The summed E-state index contributed by atoms with van der Waals surface area (Å²) in [6, 6.07) is 9.78. The Labute approximate surface area is 128 Å². The Hall–Kier alpha value is -1.39. The fourth-order valence-electron chi connectivity index (χ4n) is 1.68. The Bertz CT molecular complexity index is 564. The number of nitrogens with one attached hydrogen (secondary N) is 1. The molecule has 1 aromatic carbocycles. The second-order valence-corrected chi connectivity index (χ2v) is 6.56. The van der Waals surface area contributed by atoms with Crippen molar-refractivity contribution in [1.82, 2.24) is 10.3 Å². The van der Waals surface area contributed by atoms with Crippen LogP contribution >= 0.6 is 15.9 Å². The minimum Gasteiger partial charge on any atom is -0.455 e. The zero-order valence-electron chi connectivity index (χ0n) is 12.0. The van der Waals surface area contributed by atoms with E-state index in [2.05, 4.69) is 53.1 Å². The highest BCUT2D eigenvalue weighted by atomic mass is 79.9. The van der Waals surface area contributed by atoms with Crippen molar-refractivity contribution in [1.29, 1.82) is 0 Å². The van der Waals surface area contributed by atoms with Crippen LogP contribution in [0.5, 0.6) is 11.5 Å². The Balaban J connectivity index is 2.19. The van der Waals surface area contributed by atoms with Gasteiger partial charge in [-0.3, -0.25) is 4.98 Å². The fourth-order valence-corrected chi connectivity index (χ4v) is 2.09. The minimum absolute atomic E-state index is 0.0634. The summed E-state index contributed by atoms with van der Waals surface area (Å²) in [5.74, 6) is 1.59. The van der Waals surface area contributed by atoms with E-state index in [-0.39, 0.29) is 5.54 Å². The molecule has 106 valence electrons. The molecule has 0 spiro atoms. The van der Waals surface area contributed by atoms with Crippen LogP contribution in [0, 0.1) is 0 Å². The van der Waals surface area contributed by atoms with Gasteiger partial charge in [-0.15, -0.1) is 0 Å².